The number of carbonyl (C=O) groups is 2. The number of hydrogen-bond acceptors (Lipinski definition) is 5. The zero-order valence-corrected chi connectivity index (χ0v) is 14.7. The van der Waals surface area contributed by atoms with Gasteiger partial charge in [-0.25, -0.2) is 4.98 Å². The molecule has 0 aliphatic carbocycles. The van der Waals surface area contributed by atoms with Crippen molar-refractivity contribution in [1.29, 1.82) is 0 Å². The van der Waals surface area contributed by atoms with Crippen LogP contribution in [0.4, 0.5) is 5.69 Å². The van der Waals surface area contributed by atoms with Gasteiger partial charge in [0, 0.05) is 17.0 Å². The Hall–Kier alpha value is -2.18. The molecule has 1 aromatic heterocycles. The molecule has 122 valence electrons. The van der Waals surface area contributed by atoms with Crippen molar-refractivity contribution in [2.24, 2.45) is 0 Å². The van der Waals surface area contributed by atoms with Crippen molar-refractivity contribution in [3.63, 3.8) is 0 Å². The summed E-state index contributed by atoms with van der Waals surface area (Å²) in [5, 5.41) is 3.86. The zero-order chi connectivity index (χ0) is 16.9. The van der Waals surface area contributed by atoms with Crippen molar-refractivity contribution in [3.05, 3.63) is 59.1 Å². The molecule has 0 fully saturated rings. The average molecular weight is 356 g/mol. The summed E-state index contributed by atoms with van der Waals surface area (Å²) < 4.78 is 1.17. The van der Waals surface area contributed by atoms with Gasteiger partial charge in [-0.1, -0.05) is 12.1 Å². The second-order valence-corrected chi connectivity index (χ2v) is 7.35. The number of anilines is 1. The number of para-hydroxylation sites is 1. The van der Waals surface area contributed by atoms with Gasteiger partial charge in [-0.2, -0.15) is 0 Å². The van der Waals surface area contributed by atoms with Crippen molar-refractivity contribution < 1.29 is 9.59 Å². The molecule has 1 heterocycles. The third-order valence-corrected chi connectivity index (χ3v) is 5.54. The van der Waals surface area contributed by atoms with E-state index in [1.165, 1.54) is 23.4 Å². The number of aromatic nitrogens is 1. The van der Waals surface area contributed by atoms with Crippen molar-refractivity contribution >= 4 is 50.7 Å². The van der Waals surface area contributed by atoms with Gasteiger partial charge in [0.2, 0.25) is 5.91 Å². The molecule has 6 heteroatoms. The fourth-order valence-electron chi connectivity index (χ4n) is 2.20. The third kappa shape index (κ3) is 4.21. The fourth-order valence-corrected chi connectivity index (χ4v) is 4.05. The maximum absolute atomic E-state index is 12.0. The molecule has 0 saturated carbocycles. The Balaban J connectivity index is 1.49. The quantitative estimate of drug-likeness (QED) is 0.666. The zero-order valence-electron chi connectivity index (χ0n) is 13.1. The Labute approximate surface area is 148 Å². The Kier molecular flexibility index (Phi) is 5.27. The minimum absolute atomic E-state index is 0.0132. The summed E-state index contributed by atoms with van der Waals surface area (Å²) >= 11 is 3.20. The number of thiazole rings is 1. The topological polar surface area (TPSA) is 59.1 Å². The van der Waals surface area contributed by atoms with Gasteiger partial charge in [0.25, 0.3) is 0 Å². The first-order valence-electron chi connectivity index (χ1n) is 7.45. The highest BCUT2D eigenvalue weighted by atomic mass is 32.2. The molecule has 0 aliphatic heterocycles. The van der Waals surface area contributed by atoms with Gasteiger partial charge in [0.1, 0.15) is 5.01 Å². The van der Waals surface area contributed by atoms with Crippen molar-refractivity contribution in [2.75, 3.05) is 11.1 Å². The van der Waals surface area contributed by atoms with Crippen LogP contribution in [-0.4, -0.2) is 22.4 Å². The molecule has 2 aromatic carbocycles. The van der Waals surface area contributed by atoms with E-state index in [0.29, 0.717) is 17.0 Å². The molecular weight excluding hydrogens is 340 g/mol. The SMILES string of the molecule is CC(=O)c1ccc(NC(=O)CSCc2nc3ccccc3s2)cc1. The number of ketones is 1. The number of amides is 1. The predicted octanol–water partition coefficient (Wildman–Crippen LogP) is 4.37. The number of hydrogen-bond donors (Lipinski definition) is 1. The second kappa shape index (κ2) is 7.59. The van der Waals surface area contributed by atoms with Gasteiger partial charge >= 0.3 is 0 Å². The standard InChI is InChI=1S/C18H16N2O2S2/c1-12(21)13-6-8-14(9-7-13)19-17(22)10-23-11-18-20-15-4-2-3-5-16(15)24-18/h2-9H,10-11H2,1H3,(H,19,22). The van der Waals surface area contributed by atoms with Crippen LogP contribution in [-0.2, 0) is 10.5 Å². The van der Waals surface area contributed by atoms with Crippen LogP contribution in [0.3, 0.4) is 0 Å². The van der Waals surface area contributed by atoms with Crippen LogP contribution in [0.1, 0.15) is 22.3 Å². The predicted molar refractivity (Wildman–Crippen MR) is 101 cm³/mol. The molecule has 1 N–H and O–H groups in total. The summed E-state index contributed by atoms with van der Waals surface area (Å²) in [6.45, 7) is 1.52. The number of benzene rings is 2. The van der Waals surface area contributed by atoms with Gasteiger partial charge in [-0.3, -0.25) is 9.59 Å². The molecule has 0 aliphatic rings. The van der Waals surface area contributed by atoms with E-state index in [0.717, 1.165) is 16.3 Å². The lowest BCUT2D eigenvalue weighted by atomic mass is 10.1. The highest BCUT2D eigenvalue weighted by Crippen LogP contribution is 2.24. The van der Waals surface area contributed by atoms with E-state index in [9.17, 15) is 9.59 Å². The minimum Gasteiger partial charge on any atom is -0.325 e. The molecule has 24 heavy (non-hydrogen) atoms. The van der Waals surface area contributed by atoms with E-state index >= 15 is 0 Å². The second-order valence-electron chi connectivity index (χ2n) is 5.25. The van der Waals surface area contributed by atoms with E-state index in [4.69, 9.17) is 0 Å². The first-order chi connectivity index (χ1) is 11.6. The molecule has 0 saturated heterocycles. The lowest BCUT2D eigenvalue weighted by Gasteiger charge is -2.05. The lowest BCUT2D eigenvalue weighted by Crippen LogP contribution is -2.14. The Morgan fingerprint density at radius 3 is 2.58 bits per heavy atom. The Bertz CT molecular complexity index is 839. The normalized spacial score (nSPS) is 10.7. The molecule has 3 aromatic rings. The van der Waals surface area contributed by atoms with E-state index in [2.05, 4.69) is 16.4 Å². The van der Waals surface area contributed by atoms with E-state index in [-0.39, 0.29) is 11.7 Å². The van der Waals surface area contributed by atoms with Crippen molar-refractivity contribution in [3.8, 4) is 0 Å². The maximum Gasteiger partial charge on any atom is 0.234 e. The summed E-state index contributed by atoms with van der Waals surface area (Å²) in [6.07, 6.45) is 0. The highest BCUT2D eigenvalue weighted by Gasteiger charge is 2.07. The molecule has 0 radical (unpaired) electrons. The molecule has 4 nitrogen and oxygen atoms in total. The minimum atomic E-state index is -0.0586. The molecule has 3 rings (SSSR count). The highest BCUT2D eigenvalue weighted by molar-refractivity contribution is 7.99. The molecular formula is C18H16N2O2S2. The van der Waals surface area contributed by atoms with Crippen LogP contribution in [0.15, 0.2) is 48.5 Å². The maximum atomic E-state index is 12.0. The summed E-state index contributed by atoms with van der Waals surface area (Å²) in [5.41, 5.74) is 2.34. The van der Waals surface area contributed by atoms with Crippen LogP contribution in [0.25, 0.3) is 10.2 Å². The van der Waals surface area contributed by atoms with Gasteiger partial charge < -0.3 is 5.32 Å². The largest absolute Gasteiger partial charge is 0.325 e. The van der Waals surface area contributed by atoms with E-state index < -0.39 is 0 Å². The number of fused-ring (bicyclic) bond motifs is 1. The number of carbonyl (C=O) groups excluding carboxylic acids is 2. The van der Waals surface area contributed by atoms with Crippen LogP contribution >= 0.6 is 23.1 Å². The van der Waals surface area contributed by atoms with Crippen LogP contribution < -0.4 is 5.32 Å². The van der Waals surface area contributed by atoms with E-state index in [1.807, 2.05) is 18.2 Å². The smallest absolute Gasteiger partial charge is 0.234 e. The Morgan fingerprint density at radius 2 is 1.88 bits per heavy atom. The average Bonchev–Trinajstić information content (AvgIpc) is 2.98. The van der Waals surface area contributed by atoms with Gasteiger partial charge in [0.05, 0.1) is 16.0 Å². The molecule has 1 amide bonds. The summed E-state index contributed by atoms with van der Waals surface area (Å²) in [7, 11) is 0. The number of rotatable bonds is 6. The van der Waals surface area contributed by atoms with Gasteiger partial charge in [-0.15, -0.1) is 23.1 Å². The number of Topliss-reactive ketones (excluding diaryl/α,β-unsaturated/α-hetero) is 1. The number of nitrogens with zero attached hydrogens (tertiary/aromatic N) is 1. The van der Waals surface area contributed by atoms with Gasteiger partial charge in [0.15, 0.2) is 5.78 Å². The molecule has 0 bridgehead atoms. The monoisotopic (exact) mass is 356 g/mol. The molecule has 0 unspecified atom stereocenters. The summed E-state index contributed by atoms with van der Waals surface area (Å²) in [6, 6.07) is 14.9. The number of thioether (sulfide) groups is 1. The van der Waals surface area contributed by atoms with Crippen LogP contribution in [0, 0.1) is 0 Å². The van der Waals surface area contributed by atoms with Crippen LogP contribution in [0.2, 0.25) is 0 Å². The van der Waals surface area contributed by atoms with E-state index in [1.54, 1.807) is 35.6 Å². The van der Waals surface area contributed by atoms with Crippen LogP contribution in [0.5, 0.6) is 0 Å². The molecule has 0 atom stereocenters. The van der Waals surface area contributed by atoms with Crippen molar-refractivity contribution in [1.82, 2.24) is 4.98 Å². The third-order valence-electron chi connectivity index (χ3n) is 3.37. The first kappa shape index (κ1) is 16.7. The summed E-state index contributed by atoms with van der Waals surface area (Å²) in [4.78, 5) is 27.8. The lowest BCUT2D eigenvalue weighted by molar-refractivity contribution is -0.113. The number of nitrogens with one attached hydrogen (secondary N) is 1. The first-order valence-corrected chi connectivity index (χ1v) is 9.42. The van der Waals surface area contributed by atoms with Crippen molar-refractivity contribution in [2.45, 2.75) is 12.7 Å². The Morgan fingerprint density at radius 1 is 1.12 bits per heavy atom. The fraction of sp³-hybridized carbons (Fsp3) is 0.167. The van der Waals surface area contributed by atoms with Gasteiger partial charge in [-0.05, 0) is 43.3 Å². The molecule has 0 spiro atoms. The summed E-state index contributed by atoms with van der Waals surface area (Å²) in [5.74, 6) is 1.04.